The van der Waals surface area contributed by atoms with Gasteiger partial charge in [-0.1, -0.05) is 18.2 Å². The first-order chi connectivity index (χ1) is 16.1. The topological polar surface area (TPSA) is 105 Å². The number of piperidine rings is 1. The summed E-state index contributed by atoms with van der Waals surface area (Å²) < 4.78 is 44.6. The standard InChI is InChI=1S/C23H20F3N3O5/c24-23(25,26)17-4-2-1-3-13(17)10-27-20(31)12-34-15-5-6-16-14(9-15)11-29(22(16)33)18-7-8-19(30)28-21(18)32/h1-6,9,18H,7-8,10-12H2,(H,27,31)(H,28,30,32). The van der Waals surface area contributed by atoms with Gasteiger partial charge < -0.3 is 15.0 Å². The van der Waals surface area contributed by atoms with Gasteiger partial charge in [0.15, 0.2) is 6.61 Å². The fourth-order valence-corrected chi connectivity index (χ4v) is 3.99. The Morgan fingerprint density at radius 2 is 1.91 bits per heavy atom. The Hall–Kier alpha value is -3.89. The lowest BCUT2D eigenvalue weighted by molar-refractivity contribution is -0.139. The van der Waals surface area contributed by atoms with Gasteiger partial charge in [0, 0.05) is 25.1 Å². The van der Waals surface area contributed by atoms with Crippen LogP contribution in [0.1, 0.15) is 39.9 Å². The minimum Gasteiger partial charge on any atom is -0.484 e. The summed E-state index contributed by atoms with van der Waals surface area (Å²) in [6.07, 6.45) is -4.14. The van der Waals surface area contributed by atoms with Crippen molar-refractivity contribution in [2.75, 3.05) is 6.61 Å². The number of carbonyl (C=O) groups is 4. The van der Waals surface area contributed by atoms with Crippen LogP contribution in [-0.2, 0) is 33.6 Å². The highest BCUT2D eigenvalue weighted by Crippen LogP contribution is 2.32. The average molecular weight is 475 g/mol. The molecule has 178 valence electrons. The summed E-state index contributed by atoms with van der Waals surface area (Å²) in [6.45, 7) is -0.590. The van der Waals surface area contributed by atoms with Crippen molar-refractivity contribution in [3.05, 3.63) is 64.7 Å². The molecule has 0 radical (unpaired) electrons. The van der Waals surface area contributed by atoms with Crippen LogP contribution in [0.2, 0.25) is 0 Å². The number of halogens is 3. The smallest absolute Gasteiger partial charge is 0.416 e. The summed E-state index contributed by atoms with van der Waals surface area (Å²) in [5, 5.41) is 4.63. The summed E-state index contributed by atoms with van der Waals surface area (Å²) in [6, 6.07) is 8.82. The number of imide groups is 1. The first-order valence-corrected chi connectivity index (χ1v) is 10.5. The number of nitrogens with one attached hydrogen (secondary N) is 2. The molecular weight excluding hydrogens is 455 g/mol. The molecule has 2 aliphatic rings. The molecule has 2 heterocycles. The van der Waals surface area contributed by atoms with Gasteiger partial charge in [0.05, 0.1) is 5.56 Å². The first kappa shape index (κ1) is 23.3. The number of rotatable bonds is 6. The van der Waals surface area contributed by atoms with E-state index in [0.29, 0.717) is 16.9 Å². The summed E-state index contributed by atoms with van der Waals surface area (Å²) in [5.74, 6) is -1.54. The predicted molar refractivity (Wildman–Crippen MR) is 111 cm³/mol. The van der Waals surface area contributed by atoms with Gasteiger partial charge in [0.1, 0.15) is 11.8 Å². The van der Waals surface area contributed by atoms with Crippen LogP contribution in [0.25, 0.3) is 0 Å². The minimum absolute atomic E-state index is 0.0621. The molecule has 2 aromatic carbocycles. The molecule has 0 aromatic heterocycles. The van der Waals surface area contributed by atoms with Gasteiger partial charge in [-0.3, -0.25) is 24.5 Å². The molecule has 2 aliphatic heterocycles. The van der Waals surface area contributed by atoms with Crippen LogP contribution in [0.15, 0.2) is 42.5 Å². The van der Waals surface area contributed by atoms with E-state index in [0.717, 1.165) is 6.07 Å². The van der Waals surface area contributed by atoms with Crippen molar-refractivity contribution in [2.24, 2.45) is 0 Å². The van der Waals surface area contributed by atoms with E-state index in [1.54, 1.807) is 6.07 Å². The molecule has 1 fully saturated rings. The van der Waals surface area contributed by atoms with Gasteiger partial charge in [-0.2, -0.15) is 13.2 Å². The highest BCUT2D eigenvalue weighted by molar-refractivity contribution is 6.05. The third kappa shape index (κ3) is 4.87. The fraction of sp³-hybridized carbons (Fsp3) is 0.304. The quantitative estimate of drug-likeness (QED) is 0.624. The molecule has 1 atom stereocenters. The van der Waals surface area contributed by atoms with Crippen molar-refractivity contribution in [1.29, 1.82) is 0 Å². The molecule has 0 bridgehead atoms. The van der Waals surface area contributed by atoms with E-state index in [4.69, 9.17) is 4.74 Å². The summed E-state index contributed by atoms with van der Waals surface area (Å²) in [5.41, 5.74) is 0.116. The van der Waals surface area contributed by atoms with Crippen molar-refractivity contribution >= 4 is 23.6 Å². The predicted octanol–water partition coefficient (Wildman–Crippen LogP) is 2.16. The number of benzene rings is 2. The highest BCUT2D eigenvalue weighted by Gasteiger charge is 2.39. The second-order valence-corrected chi connectivity index (χ2v) is 7.94. The Labute approximate surface area is 192 Å². The van der Waals surface area contributed by atoms with E-state index in [9.17, 15) is 32.3 Å². The molecule has 2 N–H and O–H groups in total. The summed E-state index contributed by atoms with van der Waals surface area (Å²) in [4.78, 5) is 49.7. The molecule has 0 aliphatic carbocycles. The molecule has 11 heteroatoms. The first-order valence-electron chi connectivity index (χ1n) is 10.5. The number of hydrogen-bond acceptors (Lipinski definition) is 5. The summed E-state index contributed by atoms with van der Waals surface area (Å²) in [7, 11) is 0. The summed E-state index contributed by atoms with van der Waals surface area (Å²) >= 11 is 0. The lowest BCUT2D eigenvalue weighted by atomic mass is 10.0. The van der Waals surface area contributed by atoms with E-state index < -0.39 is 36.2 Å². The van der Waals surface area contributed by atoms with Crippen molar-refractivity contribution in [2.45, 2.75) is 38.1 Å². The largest absolute Gasteiger partial charge is 0.484 e. The van der Waals surface area contributed by atoms with Gasteiger partial charge in [-0.15, -0.1) is 0 Å². The van der Waals surface area contributed by atoms with E-state index >= 15 is 0 Å². The Balaban J connectivity index is 1.34. The maximum Gasteiger partial charge on any atom is 0.416 e. The van der Waals surface area contributed by atoms with Crippen molar-refractivity contribution in [3.8, 4) is 5.75 Å². The van der Waals surface area contributed by atoms with Crippen LogP contribution >= 0.6 is 0 Å². The fourth-order valence-electron chi connectivity index (χ4n) is 3.99. The maximum atomic E-state index is 13.1. The lowest BCUT2D eigenvalue weighted by Crippen LogP contribution is -2.52. The molecule has 4 rings (SSSR count). The van der Waals surface area contributed by atoms with Crippen LogP contribution in [0.4, 0.5) is 13.2 Å². The number of nitrogens with zero attached hydrogens (tertiary/aromatic N) is 1. The lowest BCUT2D eigenvalue weighted by Gasteiger charge is -2.29. The Kier molecular flexibility index (Phi) is 6.27. The van der Waals surface area contributed by atoms with Crippen LogP contribution in [0, 0.1) is 0 Å². The number of amides is 4. The van der Waals surface area contributed by atoms with Crippen LogP contribution < -0.4 is 15.4 Å². The third-order valence-electron chi connectivity index (χ3n) is 5.66. The van der Waals surface area contributed by atoms with Gasteiger partial charge in [-0.25, -0.2) is 0 Å². The number of alkyl halides is 3. The number of ether oxygens (including phenoxy) is 1. The molecule has 0 spiro atoms. The molecule has 8 nitrogen and oxygen atoms in total. The average Bonchev–Trinajstić information content (AvgIpc) is 3.11. The Morgan fingerprint density at radius 3 is 2.65 bits per heavy atom. The van der Waals surface area contributed by atoms with Crippen LogP contribution in [0.5, 0.6) is 5.75 Å². The second kappa shape index (κ2) is 9.16. The minimum atomic E-state index is -4.53. The van der Waals surface area contributed by atoms with Gasteiger partial charge in [0.25, 0.3) is 11.8 Å². The zero-order valence-corrected chi connectivity index (χ0v) is 17.8. The Morgan fingerprint density at radius 1 is 1.15 bits per heavy atom. The third-order valence-corrected chi connectivity index (χ3v) is 5.66. The van der Waals surface area contributed by atoms with Crippen molar-refractivity contribution < 1.29 is 37.1 Å². The zero-order valence-electron chi connectivity index (χ0n) is 17.8. The molecule has 34 heavy (non-hydrogen) atoms. The molecule has 1 saturated heterocycles. The number of hydrogen-bond donors (Lipinski definition) is 2. The van der Waals surface area contributed by atoms with Crippen LogP contribution in [-0.4, -0.2) is 41.2 Å². The zero-order chi connectivity index (χ0) is 24.5. The van der Waals surface area contributed by atoms with Gasteiger partial charge >= 0.3 is 6.18 Å². The normalized spacial score (nSPS) is 17.9. The molecule has 0 saturated carbocycles. The Bertz CT molecular complexity index is 1160. The monoisotopic (exact) mass is 475 g/mol. The molecule has 2 aromatic rings. The van der Waals surface area contributed by atoms with Gasteiger partial charge in [0.2, 0.25) is 11.8 Å². The van der Waals surface area contributed by atoms with Gasteiger partial charge in [-0.05, 0) is 41.8 Å². The molecule has 1 unspecified atom stereocenters. The van der Waals surface area contributed by atoms with E-state index in [1.807, 2.05) is 0 Å². The number of carbonyl (C=O) groups excluding carboxylic acids is 4. The second-order valence-electron chi connectivity index (χ2n) is 7.94. The maximum absolute atomic E-state index is 13.1. The SMILES string of the molecule is O=C(COc1ccc2c(c1)CN(C1CCC(=O)NC1=O)C2=O)NCc1ccccc1C(F)(F)F. The van der Waals surface area contributed by atoms with E-state index in [-0.39, 0.29) is 43.3 Å². The molecular formula is C23H20F3N3O5. The van der Waals surface area contributed by atoms with E-state index in [1.165, 1.54) is 35.2 Å². The molecule has 4 amide bonds. The van der Waals surface area contributed by atoms with Crippen molar-refractivity contribution in [3.63, 3.8) is 0 Å². The highest BCUT2D eigenvalue weighted by atomic mass is 19.4. The van der Waals surface area contributed by atoms with Crippen molar-refractivity contribution in [1.82, 2.24) is 15.5 Å². The van der Waals surface area contributed by atoms with E-state index in [2.05, 4.69) is 10.6 Å². The van der Waals surface area contributed by atoms with Crippen LogP contribution in [0.3, 0.4) is 0 Å². The number of fused-ring (bicyclic) bond motifs is 1.